The third kappa shape index (κ3) is 3.89. The van der Waals surface area contributed by atoms with Crippen molar-refractivity contribution in [1.29, 1.82) is 0 Å². The molecule has 1 aromatic carbocycles. The van der Waals surface area contributed by atoms with Crippen LogP contribution in [-0.2, 0) is 15.0 Å². The molecule has 1 fully saturated rings. The molecule has 0 saturated heterocycles. The van der Waals surface area contributed by atoms with E-state index in [4.69, 9.17) is 4.74 Å². The lowest BCUT2D eigenvalue weighted by atomic mass is 9.82. The zero-order chi connectivity index (χ0) is 18.0. The number of nitrogens with one attached hydrogen (secondary N) is 1. The van der Waals surface area contributed by atoms with Gasteiger partial charge in [-0.2, -0.15) is 0 Å². The Labute approximate surface area is 143 Å². The van der Waals surface area contributed by atoms with E-state index in [0.29, 0.717) is 24.3 Å². The summed E-state index contributed by atoms with van der Waals surface area (Å²) in [6.45, 7) is 6.29. The molecule has 5 nitrogen and oxygen atoms in total. The third-order valence-corrected chi connectivity index (χ3v) is 4.85. The number of anilines is 1. The minimum atomic E-state index is -0.918. The van der Waals surface area contributed by atoms with E-state index in [-0.39, 0.29) is 17.7 Å². The van der Waals surface area contributed by atoms with Crippen molar-refractivity contribution < 1.29 is 19.4 Å². The molecule has 2 N–H and O–H groups in total. The van der Waals surface area contributed by atoms with Gasteiger partial charge in [-0.15, -0.1) is 0 Å². The molecule has 1 aliphatic rings. The number of carboxylic acid groups (broad SMARTS) is 1. The van der Waals surface area contributed by atoms with Gasteiger partial charge >= 0.3 is 5.97 Å². The first-order valence-corrected chi connectivity index (χ1v) is 8.40. The van der Waals surface area contributed by atoms with E-state index in [1.807, 2.05) is 18.2 Å². The summed E-state index contributed by atoms with van der Waals surface area (Å²) in [5.41, 5.74) is 0.694. The first kappa shape index (κ1) is 18.3. The maximum Gasteiger partial charge on any atom is 0.310 e. The highest BCUT2D eigenvalue weighted by atomic mass is 16.5. The maximum absolute atomic E-state index is 12.5. The van der Waals surface area contributed by atoms with Crippen LogP contribution in [0.2, 0.25) is 0 Å². The number of hydrogen-bond acceptors (Lipinski definition) is 3. The van der Waals surface area contributed by atoms with Crippen molar-refractivity contribution in [2.75, 3.05) is 12.4 Å². The molecule has 24 heavy (non-hydrogen) atoms. The van der Waals surface area contributed by atoms with Gasteiger partial charge in [0, 0.05) is 6.42 Å². The van der Waals surface area contributed by atoms with Crippen molar-refractivity contribution in [3.05, 3.63) is 23.8 Å². The molecular formula is C19H27NO4. The van der Waals surface area contributed by atoms with Crippen LogP contribution >= 0.6 is 0 Å². The summed E-state index contributed by atoms with van der Waals surface area (Å²) >= 11 is 0. The molecule has 0 heterocycles. The molecule has 0 unspecified atom stereocenters. The Kier molecular flexibility index (Phi) is 5.21. The smallest absolute Gasteiger partial charge is 0.310 e. The largest absolute Gasteiger partial charge is 0.495 e. The van der Waals surface area contributed by atoms with Gasteiger partial charge in [-0.3, -0.25) is 9.59 Å². The normalized spacial score (nSPS) is 16.7. The number of hydrogen-bond donors (Lipinski definition) is 2. The molecule has 0 atom stereocenters. The number of methoxy groups -OCH3 is 1. The monoisotopic (exact) mass is 333 g/mol. The van der Waals surface area contributed by atoms with Gasteiger partial charge in [-0.1, -0.05) is 39.7 Å². The van der Waals surface area contributed by atoms with Gasteiger partial charge in [0.15, 0.2) is 0 Å². The SMILES string of the molecule is COc1ccc(C(C)(C)C)cc1NC(=O)CC1(C(=O)O)CCCC1. The predicted molar refractivity (Wildman–Crippen MR) is 93.5 cm³/mol. The van der Waals surface area contributed by atoms with Crippen molar-refractivity contribution in [1.82, 2.24) is 0 Å². The van der Waals surface area contributed by atoms with E-state index in [1.165, 1.54) is 0 Å². The predicted octanol–water partition coefficient (Wildman–Crippen LogP) is 3.97. The van der Waals surface area contributed by atoms with Gasteiger partial charge in [0.25, 0.3) is 0 Å². The third-order valence-electron chi connectivity index (χ3n) is 4.85. The van der Waals surface area contributed by atoms with Gasteiger partial charge in [0.2, 0.25) is 5.91 Å². The second-order valence-corrected chi connectivity index (χ2v) is 7.68. The van der Waals surface area contributed by atoms with Gasteiger partial charge in [0.1, 0.15) is 5.75 Å². The zero-order valence-electron chi connectivity index (χ0n) is 14.9. The minimum Gasteiger partial charge on any atom is -0.495 e. The Morgan fingerprint density at radius 1 is 1.25 bits per heavy atom. The summed E-state index contributed by atoms with van der Waals surface area (Å²) in [5, 5.41) is 12.4. The maximum atomic E-state index is 12.5. The molecule has 132 valence electrons. The Morgan fingerprint density at radius 3 is 2.38 bits per heavy atom. The minimum absolute atomic E-state index is 0.00519. The molecule has 1 aliphatic carbocycles. The van der Waals surface area contributed by atoms with Crippen LogP contribution in [-0.4, -0.2) is 24.1 Å². The van der Waals surface area contributed by atoms with Gasteiger partial charge in [-0.25, -0.2) is 0 Å². The topological polar surface area (TPSA) is 75.6 Å². The summed E-state index contributed by atoms with van der Waals surface area (Å²) in [5.74, 6) is -0.568. The average Bonchev–Trinajstić information content (AvgIpc) is 2.96. The van der Waals surface area contributed by atoms with Crippen molar-refractivity contribution in [2.45, 2.75) is 58.3 Å². The Hall–Kier alpha value is -2.04. The Bertz CT molecular complexity index is 625. The van der Waals surface area contributed by atoms with Crippen LogP contribution in [0.4, 0.5) is 5.69 Å². The van der Waals surface area contributed by atoms with Crippen molar-refractivity contribution in [3.8, 4) is 5.75 Å². The molecular weight excluding hydrogens is 306 g/mol. The molecule has 0 aliphatic heterocycles. The molecule has 2 rings (SSSR count). The molecule has 0 spiro atoms. The second-order valence-electron chi connectivity index (χ2n) is 7.68. The highest BCUT2D eigenvalue weighted by Crippen LogP contribution is 2.42. The van der Waals surface area contributed by atoms with Crippen molar-refractivity contribution >= 4 is 17.6 Å². The number of aliphatic carboxylic acids is 1. The molecule has 5 heteroatoms. The number of ether oxygens (including phenoxy) is 1. The number of amides is 1. The van der Waals surface area contributed by atoms with Crippen molar-refractivity contribution in [2.24, 2.45) is 5.41 Å². The summed E-state index contributed by atoms with van der Waals surface area (Å²) in [4.78, 5) is 24.1. The average molecular weight is 333 g/mol. The van der Waals surface area contributed by atoms with Gasteiger partial charge in [-0.05, 0) is 36.0 Å². The molecule has 0 aromatic heterocycles. The van der Waals surface area contributed by atoms with Gasteiger partial charge in [0.05, 0.1) is 18.2 Å². The lowest BCUT2D eigenvalue weighted by Crippen LogP contribution is -2.32. The number of benzene rings is 1. The molecule has 0 bridgehead atoms. The van der Waals surface area contributed by atoms with E-state index < -0.39 is 11.4 Å². The van der Waals surface area contributed by atoms with Gasteiger partial charge < -0.3 is 15.2 Å². The second kappa shape index (κ2) is 6.83. The highest BCUT2D eigenvalue weighted by Gasteiger charge is 2.43. The van der Waals surface area contributed by atoms with Crippen LogP contribution in [0.15, 0.2) is 18.2 Å². The lowest BCUT2D eigenvalue weighted by molar-refractivity contribution is -0.150. The quantitative estimate of drug-likeness (QED) is 0.855. The van der Waals surface area contributed by atoms with Crippen LogP contribution in [0.5, 0.6) is 5.75 Å². The zero-order valence-corrected chi connectivity index (χ0v) is 14.9. The Balaban J connectivity index is 2.20. The summed E-state index contributed by atoms with van der Waals surface area (Å²) < 4.78 is 5.33. The van der Waals surface area contributed by atoms with E-state index >= 15 is 0 Å². The fraction of sp³-hybridized carbons (Fsp3) is 0.579. The van der Waals surface area contributed by atoms with Crippen LogP contribution in [0.1, 0.15) is 58.4 Å². The molecule has 1 amide bonds. The van der Waals surface area contributed by atoms with Crippen molar-refractivity contribution in [3.63, 3.8) is 0 Å². The molecule has 0 radical (unpaired) electrons. The van der Waals surface area contributed by atoms with E-state index in [9.17, 15) is 14.7 Å². The van der Waals surface area contributed by atoms with E-state index in [0.717, 1.165) is 18.4 Å². The van der Waals surface area contributed by atoms with E-state index in [1.54, 1.807) is 7.11 Å². The van der Waals surface area contributed by atoms with Crippen LogP contribution in [0, 0.1) is 5.41 Å². The molecule has 1 aromatic rings. The lowest BCUT2D eigenvalue weighted by Gasteiger charge is -2.24. The number of carbonyl (C=O) groups is 2. The number of carbonyl (C=O) groups excluding carboxylic acids is 1. The first-order valence-electron chi connectivity index (χ1n) is 8.40. The standard InChI is InChI=1S/C19H27NO4/c1-18(2,3)13-7-8-15(24-4)14(11-13)20-16(21)12-19(17(22)23)9-5-6-10-19/h7-8,11H,5-6,9-10,12H2,1-4H3,(H,20,21)(H,22,23). The molecule has 1 saturated carbocycles. The van der Waals surface area contributed by atoms with Crippen LogP contribution < -0.4 is 10.1 Å². The summed E-state index contributed by atoms with van der Waals surface area (Å²) in [7, 11) is 1.55. The number of carboxylic acids is 1. The summed E-state index contributed by atoms with van der Waals surface area (Å²) in [6.07, 6.45) is 2.86. The summed E-state index contributed by atoms with van der Waals surface area (Å²) in [6, 6.07) is 5.71. The fourth-order valence-corrected chi connectivity index (χ4v) is 3.29. The van der Waals surface area contributed by atoms with E-state index in [2.05, 4.69) is 26.1 Å². The fourth-order valence-electron chi connectivity index (χ4n) is 3.29. The highest BCUT2D eigenvalue weighted by molar-refractivity contribution is 5.95. The Morgan fingerprint density at radius 2 is 1.88 bits per heavy atom. The first-order chi connectivity index (χ1) is 11.2. The number of rotatable bonds is 5. The van der Waals surface area contributed by atoms with Crippen LogP contribution in [0.25, 0.3) is 0 Å². The van der Waals surface area contributed by atoms with Crippen LogP contribution in [0.3, 0.4) is 0 Å².